The Hall–Kier alpha value is -0.750. The van der Waals surface area contributed by atoms with E-state index in [1.807, 2.05) is 4.90 Å². The van der Waals surface area contributed by atoms with Crippen molar-refractivity contribution in [2.24, 2.45) is 5.73 Å². The van der Waals surface area contributed by atoms with Crippen LogP contribution in [0.1, 0.15) is 32.1 Å². The van der Waals surface area contributed by atoms with E-state index in [2.05, 4.69) is 0 Å². The molecule has 1 unspecified atom stereocenters. The van der Waals surface area contributed by atoms with Crippen molar-refractivity contribution >= 4 is 5.91 Å². The highest BCUT2D eigenvalue weighted by Gasteiger charge is 2.27. The molecule has 0 aromatic carbocycles. The lowest BCUT2D eigenvalue weighted by Gasteiger charge is -2.24. The molecular weight excluding hydrogens is 242 g/mol. The third kappa shape index (κ3) is 5.27. The van der Waals surface area contributed by atoms with Gasteiger partial charge in [-0.2, -0.15) is 0 Å². The van der Waals surface area contributed by atoms with E-state index in [0.29, 0.717) is 6.54 Å². The Bertz CT molecular complexity index is 252. The maximum absolute atomic E-state index is 11.9. The van der Waals surface area contributed by atoms with Crippen LogP contribution in [0.4, 0.5) is 8.78 Å². The predicted octanol–water partition coefficient (Wildman–Crippen LogP) is 1.39. The number of rotatable bonds is 8. The summed E-state index contributed by atoms with van der Waals surface area (Å²) in [6.45, 7) is 0.881. The zero-order chi connectivity index (χ0) is 13.4. The predicted molar refractivity (Wildman–Crippen MR) is 64.5 cm³/mol. The first-order chi connectivity index (χ1) is 8.65. The van der Waals surface area contributed by atoms with E-state index in [-0.39, 0.29) is 25.0 Å². The van der Waals surface area contributed by atoms with Gasteiger partial charge in [-0.1, -0.05) is 0 Å². The molecule has 0 radical (unpaired) electrons. The number of carbonyl (C=O) groups is 1. The fourth-order valence-electron chi connectivity index (χ4n) is 2.29. The molecule has 1 aliphatic rings. The number of ether oxygens (including phenoxy) is 1. The molecule has 0 aromatic rings. The van der Waals surface area contributed by atoms with Crippen LogP contribution in [0.3, 0.4) is 0 Å². The van der Waals surface area contributed by atoms with Crippen molar-refractivity contribution in [1.82, 2.24) is 4.90 Å². The average molecular weight is 264 g/mol. The molecule has 4 nitrogen and oxygen atoms in total. The Kier molecular flexibility index (Phi) is 7.12. The first-order valence-electron chi connectivity index (χ1n) is 6.50. The minimum Gasteiger partial charge on any atom is -0.375 e. The second-order valence-corrected chi connectivity index (χ2v) is 4.53. The number of halogens is 2. The quantitative estimate of drug-likeness (QED) is 0.674. The summed E-state index contributed by atoms with van der Waals surface area (Å²) >= 11 is 0. The standard InChI is InChI=1S/C12H22F2N2O2/c13-11(14)9-18-8-5-12(17)16-7-2-4-10(16)3-1-6-15/h10-11H,1-9,15H2. The van der Waals surface area contributed by atoms with Gasteiger partial charge in [0.15, 0.2) is 0 Å². The van der Waals surface area contributed by atoms with Crippen molar-refractivity contribution in [1.29, 1.82) is 0 Å². The summed E-state index contributed by atoms with van der Waals surface area (Å²) in [5.74, 6) is 0.00351. The Balaban J connectivity index is 2.22. The minimum atomic E-state index is -2.47. The van der Waals surface area contributed by atoms with Gasteiger partial charge >= 0.3 is 0 Å². The molecule has 0 aromatic heterocycles. The lowest BCUT2D eigenvalue weighted by atomic mass is 10.1. The Morgan fingerprint density at radius 3 is 2.94 bits per heavy atom. The zero-order valence-electron chi connectivity index (χ0n) is 10.6. The topological polar surface area (TPSA) is 55.6 Å². The van der Waals surface area contributed by atoms with Gasteiger partial charge in [0.25, 0.3) is 6.43 Å². The van der Waals surface area contributed by atoms with E-state index in [0.717, 1.165) is 32.2 Å². The molecule has 1 atom stereocenters. The third-order valence-electron chi connectivity index (χ3n) is 3.14. The van der Waals surface area contributed by atoms with Gasteiger partial charge in [-0.25, -0.2) is 8.78 Å². The summed E-state index contributed by atoms with van der Waals surface area (Å²) in [5, 5.41) is 0. The Labute approximate surface area is 106 Å². The molecule has 0 bridgehead atoms. The molecule has 2 N–H and O–H groups in total. The van der Waals surface area contributed by atoms with E-state index in [1.165, 1.54) is 0 Å². The normalized spacial score (nSPS) is 19.8. The van der Waals surface area contributed by atoms with Gasteiger partial charge in [0.2, 0.25) is 5.91 Å². The maximum atomic E-state index is 11.9. The molecule has 18 heavy (non-hydrogen) atoms. The van der Waals surface area contributed by atoms with E-state index in [9.17, 15) is 13.6 Å². The van der Waals surface area contributed by atoms with Crippen molar-refractivity contribution in [2.75, 3.05) is 26.3 Å². The van der Waals surface area contributed by atoms with Crippen molar-refractivity contribution in [3.8, 4) is 0 Å². The van der Waals surface area contributed by atoms with E-state index >= 15 is 0 Å². The summed E-state index contributed by atoms with van der Waals surface area (Å²) in [6.07, 6.45) is 1.59. The SMILES string of the molecule is NCCCC1CCCN1C(=O)CCOCC(F)F. The number of alkyl halides is 2. The van der Waals surface area contributed by atoms with Crippen LogP contribution in [0.15, 0.2) is 0 Å². The fraction of sp³-hybridized carbons (Fsp3) is 0.917. The van der Waals surface area contributed by atoms with Gasteiger partial charge in [0.1, 0.15) is 6.61 Å². The highest BCUT2D eigenvalue weighted by Crippen LogP contribution is 2.21. The largest absolute Gasteiger partial charge is 0.375 e. The Morgan fingerprint density at radius 2 is 2.28 bits per heavy atom. The number of likely N-dealkylation sites (tertiary alicyclic amines) is 1. The van der Waals surface area contributed by atoms with Gasteiger partial charge in [-0.15, -0.1) is 0 Å². The summed E-state index contributed by atoms with van der Waals surface area (Å²) in [5.41, 5.74) is 5.46. The van der Waals surface area contributed by atoms with Crippen LogP contribution in [0, 0.1) is 0 Å². The van der Waals surface area contributed by atoms with Gasteiger partial charge in [-0.05, 0) is 32.2 Å². The highest BCUT2D eigenvalue weighted by molar-refractivity contribution is 5.76. The summed E-state index contributed by atoms with van der Waals surface area (Å²) in [4.78, 5) is 13.7. The first kappa shape index (κ1) is 15.3. The molecule has 0 aliphatic carbocycles. The molecule has 6 heteroatoms. The summed E-state index contributed by atoms with van der Waals surface area (Å²) in [7, 11) is 0. The van der Waals surface area contributed by atoms with Gasteiger partial charge < -0.3 is 15.4 Å². The number of nitrogens with zero attached hydrogens (tertiary/aromatic N) is 1. The van der Waals surface area contributed by atoms with Gasteiger partial charge in [0, 0.05) is 12.6 Å². The van der Waals surface area contributed by atoms with Crippen LogP contribution in [0.25, 0.3) is 0 Å². The summed E-state index contributed by atoms with van der Waals surface area (Å²) < 4.78 is 28.4. The van der Waals surface area contributed by atoms with Crippen LogP contribution in [0.2, 0.25) is 0 Å². The second kappa shape index (κ2) is 8.37. The van der Waals surface area contributed by atoms with Crippen molar-refractivity contribution < 1.29 is 18.3 Å². The number of carbonyl (C=O) groups excluding carboxylic acids is 1. The molecule has 0 saturated carbocycles. The van der Waals surface area contributed by atoms with E-state index in [4.69, 9.17) is 10.5 Å². The maximum Gasteiger partial charge on any atom is 0.261 e. The average Bonchev–Trinajstić information content (AvgIpc) is 2.79. The van der Waals surface area contributed by atoms with Gasteiger partial charge in [0.05, 0.1) is 13.0 Å². The number of nitrogens with two attached hydrogens (primary N) is 1. The number of amides is 1. The van der Waals surface area contributed by atoms with Gasteiger partial charge in [-0.3, -0.25) is 4.79 Å². The van der Waals surface area contributed by atoms with Crippen molar-refractivity contribution in [3.63, 3.8) is 0 Å². The second-order valence-electron chi connectivity index (χ2n) is 4.53. The van der Waals surface area contributed by atoms with Crippen LogP contribution in [-0.2, 0) is 9.53 Å². The third-order valence-corrected chi connectivity index (χ3v) is 3.14. The molecule has 1 rings (SSSR count). The molecule has 106 valence electrons. The molecule has 1 fully saturated rings. The molecular formula is C12H22F2N2O2. The smallest absolute Gasteiger partial charge is 0.261 e. The minimum absolute atomic E-state index is 0.00351. The number of hydrogen-bond donors (Lipinski definition) is 1. The van der Waals surface area contributed by atoms with E-state index in [1.54, 1.807) is 0 Å². The van der Waals surface area contributed by atoms with Crippen molar-refractivity contribution in [3.05, 3.63) is 0 Å². The van der Waals surface area contributed by atoms with Crippen LogP contribution in [0.5, 0.6) is 0 Å². The van der Waals surface area contributed by atoms with Crippen molar-refractivity contribution in [2.45, 2.75) is 44.6 Å². The lowest BCUT2D eigenvalue weighted by molar-refractivity contribution is -0.133. The van der Waals surface area contributed by atoms with Crippen LogP contribution < -0.4 is 5.73 Å². The van der Waals surface area contributed by atoms with E-state index < -0.39 is 13.0 Å². The number of hydrogen-bond acceptors (Lipinski definition) is 3. The molecule has 1 saturated heterocycles. The molecule has 0 spiro atoms. The zero-order valence-corrected chi connectivity index (χ0v) is 10.6. The van der Waals surface area contributed by atoms with Crippen LogP contribution in [-0.4, -0.2) is 49.6 Å². The molecule has 1 heterocycles. The highest BCUT2D eigenvalue weighted by atomic mass is 19.3. The lowest BCUT2D eigenvalue weighted by Crippen LogP contribution is -2.36. The summed E-state index contributed by atoms with van der Waals surface area (Å²) in [6, 6.07) is 0.274. The van der Waals surface area contributed by atoms with Crippen LogP contribution >= 0.6 is 0 Å². The molecule has 1 aliphatic heterocycles. The Morgan fingerprint density at radius 1 is 1.50 bits per heavy atom. The molecule has 1 amide bonds. The fourth-order valence-corrected chi connectivity index (χ4v) is 2.29. The first-order valence-corrected chi connectivity index (χ1v) is 6.50. The monoisotopic (exact) mass is 264 g/mol.